The largest absolute Gasteiger partial charge is 0.324 e. The Kier molecular flexibility index (Phi) is 4.66. The number of aryl methyl sites for hydroxylation is 1. The van der Waals surface area contributed by atoms with Gasteiger partial charge in [-0.25, -0.2) is 4.39 Å². The number of benzene rings is 2. The van der Waals surface area contributed by atoms with Crippen LogP contribution in [0.2, 0.25) is 0 Å². The highest BCUT2D eigenvalue weighted by Gasteiger charge is 2.12. The van der Waals surface area contributed by atoms with Crippen molar-refractivity contribution in [3.63, 3.8) is 0 Å². The molecule has 1 atom stereocenters. The van der Waals surface area contributed by atoms with E-state index in [1.165, 1.54) is 0 Å². The second-order valence-corrected chi connectivity index (χ2v) is 6.51. The SMILES string of the molecule is Cc1cc(Sc2ccc(Br)cc2)c([C@H](C)N)cc1F. The molecule has 0 radical (unpaired) electrons. The van der Waals surface area contributed by atoms with Gasteiger partial charge in [0.05, 0.1) is 0 Å². The lowest BCUT2D eigenvalue weighted by molar-refractivity contribution is 0.610. The zero-order valence-corrected chi connectivity index (χ0v) is 13.2. The minimum absolute atomic E-state index is 0.187. The molecule has 0 fully saturated rings. The fourth-order valence-electron chi connectivity index (χ4n) is 1.74. The van der Waals surface area contributed by atoms with Gasteiger partial charge in [-0.05, 0) is 61.4 Å². The van der Waals surface area contributed by atoms with E-state index in [9.17, 15) is 4.39 Å². The van der Waals surface area contributed by atoms with Crippen LogP contribution in [0.3, 0.4) is 0 Å². The van der Waals surface area contributed by atoms with Gasteiger partial charge in [0.15, 0.2) is 0 Å². The summed E-state index contributed by atoms with van der Waals surface area (Å²) in [6.07, 6.45) is 0. The molecule has 2 aromatic carbocycles. The Morgan fingerprint density at radius 2 is 1.84 bits per heavy atom. The van der Waals surface area contributed by atoms with Crippen LogP contribution in [0.15, 0.2) is 50.7 Å². The molecule has 0 saturated heterocycles. The molecule has 2 N–H and O–H groups in total. The summed E-state index contributed by atoms with van der Waals surface area (Å²) in [6.45, 7) is 3.64. The summed E-state index contributed by atoms with van der Waals surface area (Å²) in [5.41, 5.74) is 7.41. The summed E-state index contributed by atoms with van der Waals surface area (Å²) >= 11 is 5.02. The van der Waals surface area contributed by atoms with Gasteiger partial charge in [-0.2, -0.15) is 0 Å². The van der Waals surface area contributed by atoms with E-state index in [2.05, 4.69) is 15.9 Å². The Balaban J connectivity index is 2.38. The van der Waals surface area contributed by atoms with Crippen molar-refractivity contribution in [1.29, 1.82) is 0 Å². The molecule has 0 aromatic heterocycles. The van der Waals surface area contributed by atoms with Crippen molar-refractivity contribution in [1.82, 2.24) is 0 Å². The number of rotatable bonds is 3. The predicted molar refractivity (Wildman–Crippen MR) is 82.0 cm³/mol. The molecule has 0 aliphatic carbocycles. The second kappa shape index (κ2) is 6.07. The molecule has 0 spiro atoms. The average molecular weight is 340 g/mol. The molecule has 0 saturated carbocycles. The number of hydrogen-bond donors (Lipinski definition) is 1. The third-order valence-corrected chi connectivity index (χ3v) is 4.43. The van der Waals surface area contributed by atoms with Crippen LogP contribution in [-0.2, 0) is 0 Å². The molecule has 1 nitrogen and oxygen atoms in total. The van der Waals surface area contributed by atoms with E-state index < -0.39 is 0 Å². The summed E-state index contributed by atoms with van der Waals surface area (Å²) in [5.74, 6) is -0.201. The van der Waals surface area contributed by atoms with Gasteiger partial charge in [0.2, 0.25) is 0 Å². The molecule has 0 aliphatic heterocycles. The fraction of sp³-hybridized carbons (Fsp3) is 0.200. The summed E-state index contributed by atoms with van der Waals surface area (Å²) in [5, 5.41) is 0. The number of hydrogen-bond acceptors (Lipinski definition) is 2. The van der Waals surface area contributed by atoms with Crippen LogP contribution in [0.1, 0.15) is 24.1 Å². The molecular weight excluding hydrogens is 325 g/mol. The van der Waals surface area contributed by atoms with E-state index >= 15 is 0 Å². The van der Waals surface area contributed by atoms with E-state index in [1.54, 1.807) is 24.8 Å². The number of halogens is 2. The third kappa shape index (κ3) is 3.59. The summed E-state index contributed by atoms with van der Waals surface area (Å²) in [4.78, 5) is 2.12. The highest BCUT2D eigenvalue weighted by Crippen LogP contribution is 2.34. The normalized spacial score (nSPS) is 12.5. The first-order valence-corrected chi connectivity index (χ1v) is 7.57. The van der Waals surface area contributed by atoms with Crippen molar-refractivity contribution >= 4 is 27.7 Å². The van der Waals surface area contributed by atoms with Gasteiger partial charge >= 0.3 is 0 Å². The van der Waals surface area contributed by atoms with E-state index in [4.69, 9.17) is 5.73 Å². The van der Waals surface area contributed by atoms with Gasteiger partial charge in [0, 0.05) is 20.3 Å². The minimum Gasteiger partial charge on any atom is -0.324 e. The standard InChI is InChI=1S/C15H15BrFNS/c1-9-7-15(13(10(2)18)8-14(9)17)19-12-5-3-11(16)4-6-12/h3-8,10H,18H2,1-2H3/t10-/m0/s1. The maximum atomic E-state index is 13.6. The molecule has 100 valence electrons. The van der Waals surface area contributed by atoms with Crippen LogP contribution in [0.4, 0.5) is 4.39 Å². The van der Waals surface area contributed by atoms with Crippen molar-refractivity contribution in [3.8, 4) is 0 Å². The molecule has 0 amide bonds. The highest BCUT2D eigenvalue weighted by atomic mass is 79.9. The zero-order valence-electron chi connectivity index (χ0n) is 10.8. The lowest BCUT2D eigenvalue weighted by Crippen LogP contribution is -2.07. The highest BCUT2D eigenvalue weighted by molar-refractivity contribution is 9.10. The average Bonchev–Trinajstić information content (AvgIpc) is 2.36. The third-order valence-electron chi connectivity index (χ3n) is 2.82. The van der Waals surface area contributed by atoms with Crippen molar-refractivity contribution in [2.75, 3.05) is 0 Å². The van der Waals surface area contributed by atoms with E-state index in [0.717, 1.165) is 19.8 Å². The Morgan fingerprint density at radius 1 is 1.21 bits per heavy atom. The molecule has 0 aliphatic rings. The fourth-order valence-corrected chi connectivity index (χ4v) is 3.13. The van der Waals surface area contributed by atoms with E-state index in [0.29, 0.717) is 5.56 Å². The smallest absolute Gasteiger partial charge is 0.126 e. The molecular formula is C15H15BrFNS. The molecule has 2 aromatic rings. The summed E-state index contributed by atoms with van der Waals surface area (Å²) < 4.78 is 14.7. The second-order valence-electron chi connectivity index (χ2n) is 4.48. The Hall–Kier alpha value is -0.840. The molecule has 0 heterocycles. The Morgan fingerprint density at radius 3 is 2.42 bits per heavy atom. The number of nitrogens with two attached hydrogens (primary N) is 1. The van der Waals surface area contributed by atoms with Crippen LogP contribution < -0.4 is 5.73 Å². The molecule has 0 bridgehead atoms. The van der Waals surface area contributed by atoms with Crippen LogP contribution in [0.5, 0.6) is 0 Å². The molecule has 19 heavy (non-hydrogen) atoms. The Bertz CT molecular complexity index is 581. The monoisotopic (exact) mass is 339 g/mol. The van der Waals surface area contributed by atoms with Gasteiger partial charge in [-0.15, -0.1) is 0 Å². The lowest BCUT2D eigenvalue weighted by Gasteiger charge is -2.14. The Labute approximate surface area is 125 Å². The van der Waals surface area contributed by atoms with Gasteiger partial charge in [-0.3, -0.25) is 0 Å². The van der Waals surface area contributed by atoms with Gasteiger partial charge in [0.1, 0.15) is 5.82 Å². The first-order chi connectivity index (χ1) is 8.97. The van der Waals surface area contributed by atoms with Gasteiger partial charge < -0.3 is 5.73 Å². The maximum absolute atomic E-state index is 13.6. The van der Waals surface area contributed by atoms with Gasteiger partial charge in [-0.1, -0.05) is 27.7 Å². The summed E-state index contributed by atoms with van der Waals surface area (Å²) in [7, 11) is 0. The van der Waals surface area contributed by atoms with Crippen molar-refractivity contribution in [2.45, 2.75) is 29.7 Å². The minimum atomic E-state index is -0.201. The van der Waals surface area contributed by atoms with Crippen molar-refractivity contribution in [3.05, 3.63) is 57.8 Å². The first-order valence-electron chi connectivity index (χ1n) is 5.96. The maximum Gasteiger partial charge on any atom is 0.126 e. The van der Waals surface area contributed by atoms with Crippen LogP contribution >= 0.6 is 27.7 Å². The van der Waals surface area contributed by atoms with Gasteiger partial charge in [0.25, 0.3) is 0 Å². The lowest BCUT2D eigenvalue weighted by atomic mass is 10.1. The van der Waals surface area contributed by atoms with Crippen molar-refractivity contribution < 1.29 is 4.39 Å². The van der Waals surface area contributed by atoms with Crippen molar-refractivity contribution in [2.24, 2.45) is 5.73 Å². The summed E-state index contributed by atoms with van der Waals surface area (Å²) in [6, 6.07) is 11.3. The van der Waals surface area contributed by atoms with E-state index in [1.807, 2.05) is 37.3 Å². The molecule has 4 heteroatoms. The topological polar surface area (TPSA) is 26.0 Å². The zero-order chi connectivity index (χ0) is 14.0. The van der Waals surface area contributed by atoms with E-state index in [-0.39, 0.29) is 11.9 Å². The first kappa shape index (κ1) is 14.6. The predicted octanol–water partition coefficient (Wildman–Crippen LogP) is 5.07. The van der Waals surface area contributed by atoms with Crippen LogP contribution in [0.25, 0.3) is 0 Å². The van der Waals surface area contributed by atoms with Crippen LogP contribution in [0, 0.1) is 12.7 Å². The van der Waals surface area contributed by atoms with Crippen LogP contribution in [-0.4, -0.2) is 0 Å². The molecule has 2 rings (SSSR count). The molecule has 0 unspecified atom stereocenters. The quantitative estimate of drug-likeness (QED) is 0.844.